The summed E-state index contributed by atoms with van der Waals surface area (Å²) >= 11 is 6.88. The van der Waals surface area contributed by atoms with Gasteiger partial charge in [0, 0.05) is 23.9 Å². The number of carbonyl (C=O) groups is 1. The zero-order valence-corrected chi connectivity index (χ0v) is 24.3. The molecule has 2 heterocycles. The van der Waals surface area contributed by atoms with Crippen LogP contribution in [0.5, 0.6) is 5.75 Å². The Hall–Kier alpha value is -4.20. The number of para-hydroxylation sites is 1. The van der Waals surface area contributed by atoms with Crippen molar-refractivity contribution in [2.75, 3.05) is 6.54 Å². The molecule has 0 unspecified atom stereocenters. The molecule has 4 aromatic carbocycles. The number of ether oxygens (including phenoxy) is 1. The second kappa shape index (κ2) is 12.1. The van der Waals surface area contributed by atoms with Crippen molar-refractivity contribution < 1.29 is 9.53 Å². The number of unbranched alkanes of at least 4 members (excludes halogenated alkanes) is 1. The predicted octanol–water partition coefficient (Wildman–Crippen LogP) is 8.27. The molecule has 1 saturated heterocycles. The van der Waals surface area contributed by atoms with Crippen molar-refractivity contribution in [2.24, 2.45) is 0 Å². The Kier molecular flexibility index (Phi) is 7.98. The number of hydrogen-bond acceptors (Lipinski definition) is 5. The van der Waals surface area contributed by atoms with Crippen molar-refractivity contribution in [3.8, 4) is 22.7 Å². The summed E-state index contributed by atoms with van der Waals surface area (Å²) in [5, 5.41) is 7.33. The molecule has 0 saturated carbocycles. The molecule has 41 heavy (non-hydrogen) atoms. The minimum atomic E-state index is -0.0379. The average molecular weight is 576 g/mol. The summed E-state index contributed by atoms with van der Waals surface area (Å²) in [6.45, 7) is 3.24. The van der Waals surface area contributed by atoms with E-state index in [2.05, 4.69) is 43.3 Å². The summed E-state index contributed by atoms with van der Waals surface area (Å²) in [5.74, 6) is 0.742. The summed E-state index contributed by atoms with van der Waals surface area (Å²) in [6, 6.07) is 32.5. The van der Waals surface area contributed by atoms with Gasteiger partial charge in [-0.05, 0) is 65.2 Å². The van der Waals surface area contributed by atoms with E-state index in [1.54, 1.807) is 4.90 Å². The van der Waals surface area contributed by atoms with E-state index >= 15 is 0 Å². The lowest BCUT2D eigenvalue weighted by molar-refractivity contribution is -0.122. The number of aromatic nitrogens is 2. The van der Waals surface area contributed by atoms with Gasteiger partial charge < -0.3 is 4.74 Å². The molecule has 1 aliphatic rings. The predicted molar refractivity (Wildman–Crippen MR) is 172 cm³/mol. The zero-order chi connectivity index (χ0) is 28.2. The highest BCUT2D eigenvalue weighted by Gasteiger charge is 2.31. The number of nitrogens with zero attached hydrogens (tertiary/aromatic N) is 3. The van der Waals surface area contributed by atoms with E-state index in [1.165, 1.54) is 22.5 Å². The van der Waals surface area contributed by atoms with Crippen LogP contribution in [0.1, 0.15) is 30.9 Å². The molecule has 1 aromatic heterocycles. The van der Waals surface area contributed by atoms with Crippen LogP contribution in [0.2, 0.25) is 0 Å². The summed E-state index contributed by atoms with van der Waals surface area (Å²) in [7, 11) is 0. The number of fused-ring (bicyclic) bond motifs is 1. The first-order valence-corrected chi connectivity index (χ1v) is 14.9. The largest absolute Gasteiger partial charge is 0.489 e. The minimum absolute atomic E-state index is 0.0379. The van der Waals surface area contributed by atoms with Crippen molar-refractivity contribution in [3.05, 3.63) is 119 Å². The number of thioether (sulfide) groups is 1. The molecule has 204 valence electrons. The molecule has 6 rings (SSSR count). The number of benzene rings is 4. The van der Waals surface area contributed by atoms with Gasteiger partial charge in [-0.1, -0.05) is 98.0 Å². The molecule has 0 aliphatic carbocycles. The molecular formula is C34H29N3O2S2. The van der Waals surface area contributed by atoms with E-state index in [1.807, 2.05) is 77.6 Å². The van der Waals surface area contributed by atoms with Crippen molar-refractivity contribution in [3.63, 3.8) is 0 Å². The van der Waals surface area contributed by atoms with Crippen molar-refractivity contribution in [1.82, 2.24) is 14.7 Å². The first-order valence-electron chi connectivity index (χ1n) is 13.7. The van der Waals surface area contributed by atoms with E-state index in [0.29, 0.717) is 22.4 Å². The van der Waals surface area contributed by atoms with E-state index in [4.69, 9.17) is 22.1 Å². The standard InChI is InChI=1S/C34H29N3O2S2/c1-2-3-20-36-33(38)31(41-34(36)40)21-27-22-37(28-13-5-4-6-14-28)35-32(27)25-16-18-29(19-17-25)39-23-26-12-9-11-24-10-7-8-15-30(24)26/h4-19,21-22H,2-3,20,23H2,1H3. The summed E-state index contributed by atoms with van der Waals surface area (Å²) < 4.78 is 8.63. The van der Waals surface area contributed by atoms with Crippen LogP contribution in [0, 0.1) is 0 Å². The van der Waals surface area contributed by atoms with Gasteiger partial charge in [-0.3, -0.25) is 9.69 Å². The monoisotopic (exact) mass is 575 g/mol. The Morgan fingerprint density at radius 3 is 2.49 bits per heavy atom. The lowest BCUT2D eigenvalue weighted by Crippen LogP contribution is -2.28. The topological polar surface area (TPSA) is 47.4 Å². The van der Waals surface area contributed by atoms with Crippen LogP contribution in [0.25, 0.3) is 33.8 Å². The maximum Gasteiger partial charge on any atom is 0.266 e. The Bertz CT molecular complexity index is 1740. The van der Waals surface area contributed by atoms with Gasteiger partial charge in [0.05, 0.1) is 16.3 Å². The van der Waals surface area contributed by atoms with Crippen molar-refractivity contribution >= 4 is 51.1 Å². The lowest BCUT2D eigenvalue weighted by atomic mass is 10.1. The van der Waals surface area contributed by atoms with Gasteiger partial charge in [0.2, 0.25) is 0 Å². The van der Waals surface area contributed by atoms with Crippen LogP contribution in [0.3, 0.4) is 0 Å². The molecule has 5 aromatic rings. The number of thiocarbonyl (C=S) groups is 1. The average Bonchev–Trinajstić information content (AvgIpc) is 3.55. The third-order valence-corrected chi connectivity index (χ3v) is 8.44. The SMILES string of the molecule is CCCCN1C(=O)C(=Cc2cn(-c3ccccc3)nc2-c2ccc(OCc3cccc4ccccc34)cc2)SC1=S. The number of rotatable bonds is 9. The van der Waals surface area contributed by atoms with Crippen LogP contribution in [-0.4, -0.2) is 31.5 Å². The van der Waals surface area contributed by atoms with Crippen LogP contribution < -0.4 is 4.74 Å². The molecule has 1 amide bonds. The summed E-state index contributed by atoms with van der Waals surface area (Å²) in [5.41, 5.74) is 4.67. The van der Waals surface area contributed by atoms with Gasteiger partial charge in [0.15, 0.2) is 0 Å². The summed E-state index contributed by atoms with van der Waals surface area (Å²) in [6.07, 6.45) is 5.81. The fourth-order valence-corrected chi connectivity index (χ4v) is 6.17. The lowest BCUT2D eigenvalue weighted by Gasteiger charge is -2.13. The van der Waals surface area contributed by atoms with Gasteiger partial charge in [-0.25, -0.2) is 4.68 Å². The van der Waals surface area contributed by atoms with E-state index in [-0.39, 0.29) is 5.91 Å². The van der Waals surface area contributed by atoms with Gasteiger partial charge in [0.25, 0.3) is 5.91 Å². The first-order chi connectivity index (χ1) is 20.1. The molecule has 0 spiro atoms. The van der Waals surface area contributed by atoms with Crippen LogP contribution >= 0.6 is 24.0 Å². The van der Waals surface area contributed by atoms with Crippen molar-refractivity contribution in [2.45, 2.75) is 26.4 Å². The Morgan fingerprint density at radius 2 is 1.68 bits per heavy atom. The highest BCUT2D eigenvalue weighted by atomic mass is 32.2. The molecule has 5 nitrogen and oxygen atoms in total. The molecule has 1 fully saturated rings. The Balaban J connectivity index is 1.28. The molecule has 0 atom stereocenters. The highest BCUT2D eigenvalue weighted by Crippen LogP contribution is 2.35. The molecule has 0 radical (unpaired) electrons. The Labute approximate surface area is 249 Å². The maximum absolute atomic E-state index is 13.2. The second-order valence-corrected chi connectivity index (χ2v) is 11.5. The molecule has 0 N–H and O–H groups in total. The third-order valence-electron chi connectivity index (χ3n) is 7.06. The summed E-state index contributed by atoms with van der Waals surface area (Å²) in [4.78, 5) is 15.5. The normalized spacial score (nSPS) is 14.4. The second-order valence-electron chi connectivity index (χ2n) is 9.85. The van der Waals surface area contributed by atoms with Crippen LogP contribution in [0.4, 0.5) is 0 Å². The Morgan fingerprint density at radius 1 is 0.927 bits per heavy atom. The molecule has 1 aliphatic heterocycles. The smallest absolute Gasteiger partial charge is 0.266 e. The quantitative estimate of drug-likeness (QED) is 0.131. The van der Waals surface area contributed by atoms with Crippen molar-refractivity contribution in [1.29, 1.82) is 0 Å². The first kappa shape index (κ1) is 27.0. The number of amides is 1. The fourth-order valence-electron chi connectivity index (χ4n) is 4.87. The molecule has 0 bridgehead atoms. The third kappa shape index (κ3) is 5.82. The fraction of sp³-hybridized carbons (Fsp3) is 0.147. The maximum atomic E-state index is 13.2. The molecular weight excluding hydrogens is 547 g/mol. The van der Waals surface area contributed by atoms with Gasteiger partial charge in [-0.15, -0.1) is 0 Å². The molecule has 7 heteroatoms. The van der Waals surface area contributed by atoms with E-state index in [0.717, 1.165) is 46.7 Å². The van der Waals surface area contributed by atoms with Crippen LogP contribution in [-0.2, 0) is 11.4 Å². The van der Waals surface area contributed by atoms with Gasteiger partial charge in [-0.2, -0.15) is 5.10 Å². The number of hydrogen-bond donors (Lipinski definition) is 0. The zero-order valence-electron chi connectivity index (χ0n) is 22.7. The van der Waals surface area contributed by atoms with Gasteiger partial charge in [0.1, 0.15) is 16.7 Å². The number of carbonyl (C=O) groups excluding carboxylic acids is 1. The van der Waals surface area contributed by atoms with E-state index in [9.17, 15) is 4.79 Å². The van der Waals surface area contributed by atoms with Gasteiger partial charge >= 0.3 is 0 Å². The van der Waals surface area contributed by atoms with Crippen LogP contribution in [0.15, 0.2) is 108 Å². The van der Waals surface area contributed by atoms with E-state index < -0.39 is 0 Å². The highest BCUT2D eigenvalue weighted by molar-refractivity contribution is 8.26. The minimum Gasteiger partial charge on any atom is -0.489 e.